The summed E-state index contributed by atoms with van der Waals surface area (Å²) in [5, 5.41) is 5.08. The third kappa shape index (κ3) is 4.49. The zero-order chi connectivity index (χ0) is 22.0. The maximum Gasteiger partial charge on any atom is 0.230 e. The quantitative estimate of drug-likeness (QED) is 0.407. The van der Waals surface area contributed by atoms with Gasteiger partial charge in [0.05, 0.1) is 12.1 Å². The fraction of sp³-hybridized carbons (Fsp3) is 0.280. The third-order valence-electron chi connectivity index (χ3n) is 5.59. The van der Waals surface area contributed by atoms with Crippen molar-refractivity contribution in [3.8, 4) is 11.3 Å². The van der Waals surface area contributed by atoms with Gasteiger partial charge in [0.1, 0.15) is 0 Å². The average Bonchev–Trinajstić information content (AvgIpc) is 3.33. The minimum absolute atomic E-state index is 0.0241. The van der Waals surface area contributed by atoms with Crippen LogP contribution in [0.15, 0.2) is 54.0 Å². The van der Waals surface area contributed by atoms with Gasteiger partial charge in [-0.3, -0.25) is 9.20 Å². The van der Waals surface area contributed by atoms with Gasteiger partial charge in [-0.05, 0) is 51.5 Å². The largest absolute Gasteiger partial charge is 0.372 e. The molecule has 1 N–H and O–H groups in total. The van der Waals surface area contributed by atoms with E-state index in [9.17, 15) is 4.79 Å². The SMILES string of the molecule is CCN(CC)c1ccc(NC(=O)Cc2csc3nc(-c4ccc(C)cc4)cn23)c(C)c1. The van der Waals surface area contributed by atoms with E-state index in [1.54, 1.807) is 11.3 Å². The lowest BCUT2D eigenvalue weighted by molar-refractivity contribution is -0.115. The first-order valence-corrected chi connectivity index (χ1v) is 11.5. The third-order valence-corrected chi connectivity index (χ3v) is 6.47. The summed E-state index contributed by atoms with van der Waals surface area (Å²) in [7, 11) is 0. The van der Waals surface area contributed by atoms with Crippen molar-refractivity contribution in [2.24, 2.45) is 0 Å². The predicted molar refractivity (Wildman–Crippen MR) is 130 cm³/mol. The van der Waals surface area contributed by atoms with Crippen LogP contribution in [0.3, 0.4) is 0 Å². The highest BCUT2D eigenvalue weighted by Gasteiger charge is 2.14. The van der Waals surface area contributed by atoms with Crippen molar-refractivity contribution < 1.29 is 4.79 Å². The Kier molecular flexibility index (Phi) is 6.09. The number of nitrogens with one attached hydrogen (secondary N) is 1. The van der Waals surface area contributed by atoms with Crippen LogP contribution >= 0.6 is 11.3 Å². The zero-order valence-electron chi connectivity index (χ0n) is 18.5. The Hall–Kier alpha value is -3.12. The van der Waals surface area contributed by atoms with Crippen molar-refractivity contribution in [3.63, 3.8) is 0 Å². The highest BCUT2D eigenvalue weighted by Crippen LogP contribution is 2.25. The van der Waals surface area contributed by atoms with Crippen LogP contribution in [0.2, 0.25) is 0 Å². The van der Waals surface area contributed by atoms with Crippen LogP contribution in [-0.4, -0.2) is 28.4 Å². The van der Waals surface area contributed by atoms with Crippen LogP contribution in [0.1, 0.15) is 30.7 Å². The minimum atomic E-state index is -0.0241. The van der Waals surface area contributed by atoms with Gasteiger partial charge in [0, 0.05) is 47.3 Å². The van der Waals surface area contributed by atoms with Gasteiger partial charge in [0.15, 0.2) is 4.96 Å². The van der Waals surface area contributed by atoms with Gasteiger partial charge in [0.25, 0.3) is 0 Å². The molecule has 0 bridgehead atoms. The Balaban J connectivity index is 1.49. The molecule has 0 aliphatic carbocycles. The molecule has 0 unspecified atom stereocenters. The molecule has 1 amide bonds. The average molecular weight is 433 g/mol. The molecule has 0 atom stereocenters. The number of aryl methyl sites for hydroxylation is 2. The van der Waals surface area contributed by atoms with Gasteiger partial charge in [-0.1, -0.05) is 29.8 Å². The van der Waals surface area contributed by atoms with Crippen molar-refractivity contribution >= 4 is 33.6 Å². The highest BCUT2D eigenvalue weighted by atomic mass is 32.1. The van der Waals surface area contributed by atoms with Crippen molar-refractivity contribution in [1.82, 2.24) is 9.38 Å². The minimum Gasteiger partial charge on any atom is -0.372 e. The number of nitrogens with zero attached hydrogens (tertiary/aromatic N) is 3. The van der Waals surface area contributed by atoms with Crippen molar-refractivity contribution in [2.45, 2.75) is 34.1 Å². The number of rotatable bonds is 7. The summed E-state index contributed by atoms with van der Waals surface area (Å²) in [4.78, 5) is 20.7. The van der Waals surface area contributed by atoms with Crippen LogP contribution in [0.5, 0.6) is 0 Å². The Bertz CT molecular complexity index is 1200. The number of carbonyl (C=O) groups excluding carboxylic acids is 1. The second-order valence-electron chi connectivity index (χ2n) is 7.77. The molecule has 0 radical (unpaired) electrons. The number of fused-ring (bicyclic) bond motifs is 1. The molecular weight excluding hydrogens is 404 g/mol. The number of amides is 1. The topological polar surface area (TPSA) is 49.6 Å². The number of benzene rings is 2. The molecule has 4 rings (SSSR count). The molecule has 0 aliphatic rings. The van der Waals surface area contributed by atoms with E-state index in [0.717, 1.165) is 46.3 Å². The van der Waals surface area contributed by atoms with E-state index >= 15 is 0 Å². The maximum atomic E-state index is 12.8. The summed E-state index contributed by atoms with van der Waals surface area (Å²) < 4.78 is 2.02. The summed E-state index contributed by atoms with van der Waals surface area (Å²) in [6, 6.07) is 14.5. The Morgan fingerprint density at radius 3 is 2.52 bits per heavy atom. The summed E-state index contributed by atoms with van der Waals surface area (Å²) in [6.07, 6.45) is 2.32. The van der Waals surface area contributed by atoms with E-state index in [0.29, 0.717) is 6.42 Å². The molecule has 0 fully saturated rings. The smallest absolute Gasteiger partial charge is 0.230 e. The van der Waals surface area contributed by atoms with Crippen LogP contribution in [-0.2, 0) is 11.2 Å². The summed E-state index contributed by atoms with van der Waals surface area (Å²) in [5.41, 5.74) is 7.29. The van der Waals surface area contributed by atoms with Crippen LogP contribution in [0.4, 0.5) is 11.4 Å². The van der Waals surface area contributed by atoms with E-state index in [2.05, 4.69) is 67.4 Å². The first kappa shape index (κ1) is 21.1. The zero-order valence-corrected chi connectivity index (χ0v) is 19.3. The molecule has 2 aromatic heterocycles. The lowest BCUT2D eigenvalue weighted by Gasteiger charge is -2.22. The van der Waals surface area contributed by atoms with Crippen LogP contribution in [0, 0.1) is 13.8 Å². The van der Waals surface area contributed by atoms with Gasteiger partial charge in [-0.25, -0.2) is 4.98 Å². The molecule has 160 valence electrons. The van der Waals surface area contributed by atoms with E-state index < -0.39 is 0 Å². The summed E-state index contributed by atoms with van der Waals surface area (Å²) >= 11 is 1.56. The standard InChI is InChI=1S/C25H28N4OS/c1-5-28(6-2)20-11-12-22(18(4)13-20)26-24(30)14-21-16-31-25-27-23(15-29(21)25)19-9-7-17(3)8-10-19/h7-13,15-16H,5-6,14H2,1-4H3,(H,26,30). The number of anilines is 2. The number of imidazole rings is 1. The number of thiazole rings is 1. The van der Waals surface area contributed by atoms with Crippen LogP contribution in [0.25, 0.3) is 16.2 Å². The lowest BCUT2D eigenvalue weighted by Crippen LogP contribution is -2.22. The number of aromatic nitrogens is 2. The molecule has 31 heavy (non-hydrogen) atoms. The predicted octanol–water partition coefficient (Wildman–Crippen LogP) is 5.71. The van der Waals surface area contributed by atoms with E-state index in [-0.39, 0.29) is 5.91 Å². The molecule has 6 heteroatoms. The second-order valence-corrected chi connectivity index (χ2v) is 8.60. The number of hydrogen-bond acceptors (Lipinski definition) is 4. The molecule has 2 heterocycles. The Morgan fingerprint density at radius 1 is 1.10 bits per heavy atom. The molecule has 0 spiro atoms. The Morgan fingerprint density at radius 2 is 1.84 bits per heavy atom. The number of hydrogen-bond donors (Lipinski definition) is 1. The van der Waals surface area contributed by atoms with E-state index in [1.165, 1.54) is 11.3 Å². The molecule has 0 saturated heterocycles. The van der Waals surface area contributed by atoms with Gasteiger partial charge in [0.2, 0.25) is 5.91 Å². The van der Waals surface area contributed by atoms with Gasteiger partial charge < -0.3 is 10.2 Å². The molecular formula is C25H28N4OS. The normalized spacial score (nSPS) is 11.1. The lowest BCUT2D eigenvalue weighted by atomic mass is 10.1. The molecule has 4 aromatic rings. The van der Waals surface area contributed by atoms with Gasteiger partial charge in [-0.15, -0.1) is 11.3 Å². The molecule has 5 nitrogen and oxygen atoms in total. The highest BCUT2D eigenvalue weighted by molar-refractivity contribution is 7.15. The van der Waals surface area contributed by atoms with E-state index in [1.807, 2.05) is 29.0 Å². The van der Waals surface area contributed by atoms with Crippen molar-refractivity contribution in [3.05, 3.63) is 70.9 Å². The molecule has 0 aliphatic heterocycles. The van der Waals surface area contributed by atoms with Gasteiger partial charge >= 0.3 is 0 Å². The monoisotopic (exact) mass is 432 g/mol. The van der Waals surface area contributed by atoms with Gasteiger partial charge in [-0.2, -0.15) is 0 Å². The fourth-order valence-corrected chi connectivity index (χ4v) is 4.63. The van der Waals surface area contributed by atoms with Crippen LogP contribution < -0.4 is 10.2 Å². The van der Waals surface area contributed by atoms with Crippen molar-refractivity contribution in [1.29, 1.82) is 0 Å². The summed E-state index contributed by atoms with van der Waals surface area (Å²) in [5.74, 6) is -0.0241. The first-order chi connectivity index (χ1) is 15.0. The summed E-state index contributed by atoms with van der Waals surface area (Å²) in [6.45, 7) is 10.3. The Labute approximate surface area is 187 Å². The fourth-order valence-electron chi connectivity index (χ4n) is 3.75. The first-order valence-electron chi connectivity index (χ1n) is 10.7. The molecule has 2 aromatic carbocycles. The van der Waals surface area contributed by atoms with Crippen molar-refractivity contribution in [2.75, 3.05) is 23.3 Å². The molecule has 0 saturated carbocycles. The number of carbonyl (C=O) groups is 1. The van der Waals surface area contributed by atoms with E-state index in [4.69, 9.17) is 4.98 Å². The second kappa shape index (κ2) is 8.94. The maximum absolute atomic E-state index is 12.8.